The van der Waals surface area contributed by atoms with Crippen LogP contribution >= 0.6 is 22.6 Å². The summed E-state index contributed by atoms with van der Waals surface area (Å²) in [7, 11) is -4.02. The summed E-state index contributed by atoms with van der Waals surface area (Å²) in [5.41, 5.74) is 0.954. The van der Waals surface area contributed by atoms with E-state index in [4.69, 9.17) is 18.8 Å². The normalized spacial score (nSPS) is 24.5. The van der Waals surface area contributed by atoms with Crippen molar-refractivity contribution in [1.82, 2.24) is 0 Å². The van der Waals surface area contributed by atoms with Crippen LogP contribution < -0.4 is 5.14 Å². The standard InChI is InChI=1S/C14H20INO5S/c1-3-14(4-2)20-12(9-19-22(16,17)18)13(21-14)10-7-5-6-8-11(10)15/h5-8,12-13H,3-4,9H2,1-2H3,(H2,16,17,18). The van der Waals surface area contributed by atoms with Gasteiger partial charge in [-0.25, -0.2) is 5.14 Å². The topological polar surface area (TPSA) is 87.9 Å². The van der Waals surface area contributed by atoms with Gasteiger partial charge in [-0.3, -0.25) is 4.18 Å². The van der Waals surface area contributed by atoms with E-state index in [1.165, 1.54) is 0 Å². The maximum atomic E-state index is 11.1. The number of benzene rings is 1. The number of rotatable bonds is 6. The average molecular weight is 441 g/mol. The van der Waals surface area contributed by atoms with Gasteiger partial charge in [0.05, 0.1) is 6.61 Å². The quantitative estimate of drug-likeness (QED) is 0.686. The summed E-state index contributed by atoms with van der Waals surface area (Å²) in [5.74, 6) is -0.726. The summed E-state index contributed by atoms with van der Waals surface area (Å²) in [5, 5.41) is 4.91. The zero-order valence-corrected chi connectivity index (χ0v) is 15.5. The van der Waals surface area contributed by atoms with E-state index in [2.05, 4.69) is 22.6 Å². The minimum absolute atomic E-state index is 0.170. The van der Waals surface area contributed by atoms with Crippen LogP contribution in [0, 0.1) is 3.57 Å². The van der Waals surface area contributed by atoms with Gasteiger partial charge in [0.25, 0.3) is 0 Å². The van der Waals surface area contributed by atoms with Gasteiger partial charge in [0.2, 0.25) is 0 Å². The number of hydrogen-bond acceptors (Lipinski definition) is 5. The van der Waals surface area contributed by atoms with Gasteiger partial charge < -0.3 is 9.47 Å². The smallest absolute Gasteiger partial charge is 0.333 e. The third-order valence-electron chi connectivity index (χ3n) is 3.73. The molecule has 0 amide bonds. The fraction of sp³-hybridized carbons (Fsp3) is 0.571. The van der Waals surface area contributed by atoms with E-state index in [0.29, 0.717) is 12.8 Å². The monoisotopic (exact) mass is 441 g/mol. The first-order valence-corrected chi connectivity index (χ1v) is 9.62. The van der Waals surface area contributed by atoms with Gasteiger partial charge in [-0.2, -0.15) is 8.42 Å². The van der Waals surface area contributed by atoms with Gasteiger partial charge in [0, 0.05) is 3.57 Å². The molecule has 1 saturated heterocycles. The molecule has 22 heavy (non-hydrogen) atoms. The molecule has 2 atom stereocenters. The van der Waals surface area contributed by atoms with Gasteiger partial charge in [0.1, 0.15) is 12.2 Å². The van der Waals surface area contributed by atoms with Crippen molar-refractivity contribution in [3.63, 3.8) is 0 Å². The summed E-state index contributed by atoms with van der Waals surface area (Å²) in [6.07, 6.45) is 0.397. The Balaban J connectivity index is 2.29. The van der Waals surface area contributed by atoms with E-state index in [-0.39, 0.29) is 6.61 Å². The minimum atomic E-state index is -4.02. The summed E-state index contributed by atoms with van der Waals surface area (Å²) < 4.78 is 40.0. The predicted octanol–water partition coefficient (Wildman–Crippen LogP) is 2.48. The summed E-state index contributed by atoms with van der Waals surface area (Å²) >= 11 is 2.22. The van der Waals surface area contributed by atoms with E-state index in [1.54, 1.807) is 0 Å². The second-order valence-electron chi connectivity index (χ2n) is 5.11. The van der Waals surface area contributed by atoms with Crippen molar-refractivity contribution >= 4 is 32.9 Å². The van der Waals surface area contributed by atoms with Gasteiger partial charge >= 0.3 is 10.3 Å². The number of halogens is 1. The van der Waals surface area contributed by atoms with Crippen molar-refractivity contribution in [2.75, 3.05) is 6.61 Å². The van der Waals surface area contributed by atoms with Crippen molar-refractivity contribution in [2.45, 2.75) is 44.7 Å². The van der Waals surface area contributed by atoms with Gasteiger partial charge in [-0.1, -0.05) is 32.0 Å². The van der Waals surface area contributed by atoms with Crippen LogP contribution in [0.2, 0.25) is 0 Å². The van der Waals surface area contributed by atoms with Crippen LogP contribution in [0.4, 0.5) is 0 Å². The van der Waals surface area contributed by atoms with Crippen LogP contribution in [0.15, 0.2) is 24.3 Å². The Morgan fingerprint density at radius 1 is 1.27 bits per heavy atom. The van der Waals surface area contributed by atoms with Crippen LogP contribution in [0.5, 0.6) is 0 Å². The third-order valence-corrected chi connectivity index (χ3v) is 5.18. The molecule has 1 fully saturated rings. The zero-order chi connectivity index (χ0) is 16.4. The number of hydrogen-bond donors (Lipinski definition) is 1. The van der Waals surface area contributed by atoms with Crippen LogP contribution in [0.1, 0.15) is 38.4 Å². The molecule has 1 aromatic rings. The number of nitrogens with two attached hydrogens (primary N) is 1. The van der Waals surface area contributed by atoms with Crippen LogP contribution in [0.25, 0.3) is 0 Å². The highest BCUT2D eigenvalue weighted by Crippen LogP contribution is 2.43. The highest BCUT2D eigenvalue weighted by atomic mass is 127. The molecular formula is C14H20INO5S. The molecule has 0 saturated carbocycles. The zero-order valence-electron chi connectivity index (χ0n) is 12.5. The first-order valence-electron chi connectivity index (χ1n) is 7.07. The Hall–Kier alpha value is -0.260. The van der Waals surface area contributed by atoms with Crippen molar-refractivity contribution in [1.29, 1.82) is 0 Å². The summed E-state index contributed by atoms with van der Waals surface area (Å²) in [6.45, 7) is 3.77. The second kappa shape index (κ2) is 7.10. The van der Waals surface area contributed by atoms with E-state index in [1.807, 2.05) is 38.1 Å². The van der Waals surface area contributed by atoms with Gasteiger partial charge in [-0.15, -0.1) is 0 Å². The summed E-state index contributed by atoms with van der Waals surface area (Å²) in [6, 6.07) is 7.76. The molecule has 6 nitrogen and oxygen atoms in total. The molecule has 1 aliphatic heterocycles. The molecule has 1 heterocycles. The van der Waals surface area contributed by atoms with Crippen molar-refractivity contribution in [2.24, 2.45) is 5.14 Å². The molecular weight excluding hydrogens is 421 g/mol. The van der Waals surface area contributed by atoms with E-state index >= 15 is 0 Å². The maximum absolute atomic E-state index is 11.1. The highest BCUT2D eigenvalue weighted by Gasteiger charge is 2.46. The Bertz CT molecular complexity index is 617. The van der Waals surface area contributed by atoms with E-state index in [9.17, 15) is 8.42 Å². The molecule has 0 aliphatic carbocycles. The molecule has 0 spiro atoms. The maximum Gasteiger partial charge on any atom is 0.333 e. The Morgan fingerprint density at radius 3 is 2.45 bits per heavy atom. The van der Waals surface area contributed by atoms with Crippen LogP contribution in [0.3, 0.4) is 0 Å². The lowest BCUT2D eigenvalue weighted by Gasteiger charge is -2.25. The fourth-order valence-electron chi connectivity index (χ4n) is 2.51. The molecule has 8 heteroatoms. The molecule has 0 radical (unpaired) electrons. The molecule has 2 N–H and O–H groups in total. The van der Waals surface area contributed by atoms with Crippen molar-refractivity contribution in [3.8, 4) is 0 Å². The van der Waals surface area contributed by atoms with Crippen molar-refractivity contribution in [3.05, 3.63) is 33.4 Å². The molecule has 1 aromatic carbocycles. The first-order chi connectivity index (χ1) is 10.3. The minimum Gasteiger partial charge on any atom is -0.341 e. The first kappa shape index (κ1) is 18.1. The third kappa shape index (κ3) is 4.18. The molecule has 2 unspecified atom stereocenters. The van der Waals surface area contributed by atoms with E-state index < -0.39 is 28.3 Å². The average Bonchev–Trinajstić information content (AvgIpc) is 2.85. The molecule has 1 aliphatic rings. The fourth-order valence-corrected chi connectivity index (χ4v) is 3.53. The van der Waals surface area contributed by atoms with Crippen LogP contribution in [-0.2, 0) is 24.0 Å². The Labute approximate surface area is 144 Å². The lowest BCUT2D eigenvalue weighted by atomic mass is 10.1. The van der Waals surface area contributed by atoms with Crippen molar-refractivity contribution < 1.29 is 22.1 Å². The summed E-state index contributed by atoms with van der Waals surface area (Å²) in [4.78, 5) is 0. The lowest BCUT2D eigenvalue weighted by Crippen LogP contribution is -2.31. The molecule has 2 rings (SSSR count). The highest BCUT2D eigenvalue weighted by molar-refractivity contribution is 14.1. The molecule has 0 aromatic heterocycles. The predicted molar refractivity (Wildman–Crippen MR) is 90.2 cm³/mol. The van der Waals surface area contributed by atoms with Gasteiger partial charge in [-0.05, 0) is 47.1 Å². The Morgan fingerprint density at radius 2 is 1.91 bits per heavy atom. The van der Waals surface area contributed by atoms with E-state index in [0.717, 1.165) is 9.13 Å². The lowest BCUT2D eigenvalue weighted by molar-refractivity contribution is -0.181. The van der Waals surface area contributed by atoms with Gasteiger partial charge in [0.15, 0.2) is 5.79 Å². The second-order valence-corrected chi connectivity index (χ2v) is 7.49. The SMILES string of the molecule is CCC1(CC)OC(COS(N)(=O)=O)C(c2ccccc2I)O1. The number of ether oxygens (including phenoxy) is 2. The van der Waals surface area contributed by atoms with Crippen LogP contribution in [-0.4, -0.2) is 26.9 Å². The molecule has 0 bridgehead atoms. The Kier molecular flexibility index (Phi) is 5.84. The molecule has 124 valence electrons. The largest absolute Gasteiger partial charge is 0.341 e.